The number of amides is 1. The van der Waals surface area contributed by atoms with E-state index in [0.29, 0.717) is 12.3 Å². The van der Waals surface area contributed by atoms with Gasteiger partial charge in [0.1, 0.15) is 0 Å². The first kappa shape index (κ1) is 12.7. The van der Waals surface area contributed by atoms with Crippen molar-refractivity contribution in [2.45, 2.75) is 32.2 Å². The molecule has 1 fully saturated rings. The average Bonchev–Trinajstić information content (AvgIpc) is 2.97. The quantitative estimate of drug-likeness (QED) is 0.828. The van der Waals surface area contributed by atoms with Crippen LogP contribution in [0.15, 0.2) is 24.3 Å². The molecule has 102 valence electrons. The number of carbonyl (C=O) groups is 1. The Hall–Kier alpha value is -1.35. The van der Waals surface area contributed by atoms with Crippen molar-refractivity contribution in [1.82, 2.24) is 9.80 Å². The predicted octanol–water partition coefficient (Wildman–Crippen LogP) is 2.06. The minimum atomic E-state index is 0.321. The van der Waals surface area contributed by atoms with Gasteiger partial charge in [0.15, 0.2) is 0 Å². The maximum Gasteiger partial charge on any atom is 0.224 e. The third-order valence-electron chi connectivity index (χ3n) is 4.32. The second-order valence-corrected chi connectivity index (χ2v) is 5.63. The van der Waals surface area contributed by atoms with Crippen LogP contribution in [-0.4, -0.2) is 41.9 Å². The number of fused-ring (bicyclic) bond motifs is 1. The fourth-order valence-corrected chi connectivity index (χ4v) is 3.13. The SMILES string of the molecule is O=C(CCN1CCCC1)N1CCc2ccccc2C1. The molecule has 1 aromatic rings. The Morgan fingerprint density at radius 3 is 2.58 bits per heavy atom. The lowest BCUT2D eigenvalue weighted by Gasteiger charge is -2.29. The van der Waals surface area contributed by atoms with Crippen molar-refractivity contribution < 1.29 is 4.79 Å². The highest BCUT2D eigenvalue weighted by atomic mass is 16.2. The van der Waals surface area contributed by atoms with Crippen molar-refractivity contribution in [2.24, 2.45) is 0 Å². The van der Waals surface area contributed by atoms with E-state index in [4.69, 9.17) is 0 Å². The molecule has 2 aliphatic rings. The van der Waals surface area contributed by atoms with Gasteiger partial charge >= 0.3 is 0 Å². The molecule has 0 unspecified atom stereocenters. The monoisotopic (exact) mass is 258 g/mol. The van der Waals surface area contributed by atoms with Gasteiger partial charge in [0, 0.05) is 26.1 Å². The summed E-state index contributed by atoms with van der Waals surface area (Å²) < 4.78 is 0. The molecule has 1 amide bonds. The molecular formula is C16H22N2O. The number of likely N-dealkylation sites (tertiary alicyclic amines) is 1. The van der Waals surface area contributed by atoms with Gasteiger partial charge in [-0.2, -0.15) is 0 Å². The Labute approximate surface area is 115 Å². The summed E-state index contributed by atoms with van der Waals surface area (Å²) >= 11 is 0. The number of carbonyl (C=O) groups excluding carboxylic acids is 1. The normalized spacial score (nSPS) is 19.5. The maximum absolute atomic E-state index is 12.3. The van der Waals surface area contributed by atoms with Crippen molar-refractivity contribution in [1.29, 1.82) is 0 Å². The van der Waals surface area contributed by atoms with Crippen LogP contribution in [0, 0.1) is 0 Å². The highest BCUT2D eigenvalue weighted by Crippen LogP contribution is 2.19. The van der Waals surface area contributed by atoms with Crippen molar-refractivity contribution >= 4 is 5.91 Å². The van der Waals surface area contributed by atoms with Gasteiger partial charge in [0.05, 0.1) is 0 Å². The molecule has 3 rings (SSSR count). The second-order valence-electron chi connectivity index (χ2n) is 5.63. The third-order valence-corrected chi connectivity index (χ3v) is 4.32. The Kier molecular flexibility index (Phi) is 3.83. The molecule has 0 atom stereocenters. The molecule has 2 heterocycles. The van der Waals surface area contributed by atoms with Crippen molar-refractivity contribution in [2.75, 3.05) is 26.2 Å². The van der Waals surface area contributed by atoms with Gasteiger partial charge in [-0.1, -0.05) is 24.3 Å². The summed E-state index contributed by atoms with van der Waals surface area (Å²) in [5.41, 5.74) is 2.73. The van der Waals surface area contributed by atoms with Gasteiger partial charge in [-0.3, -0.25) is 4.79 Å². The molecule has 0 radical (unpaired) electrons. The van der Waals surface area contributed by atoms with E-state index in [9.17, 15) is 4.79 Å². The van der Waals surface area contributed by atoms with Crippen molar-refractivity contribution in [3.63, 3.8) is 0 Å². The second kappa shape index (κ2) is 5.74. The first-order valence-corrected chi connectivity index (χ1v) is 7.40. The predicted molar refractivity (Wildman–Crippen MR) is 75.9 cm³/mol. The van der Waals surface area contributed by atoms with Crippen molar-refractivity contribution in [3.05, 3.63) is 35.4 Å². The fraction of sp³-hybridized carbons (Fsp3) is 0.562. The van der Waals surface area contributed by atoms with E-state index in [-0.39, 0.29) is 0 Å². The zero-order chi connectivity index (χ0) is 13.1. The van der Waals surface area contributed by atoms with Gasteiger partial charge < -0.3 is 9.80 Å². The molecule has 0 bridgehead atoms. The van der Waals surface area contributed by atoms with E-state index in [0.717, 1.165) is 26.1 Å². The molecule has 0 aliphatic carbocycles. The molecule has 19 heavy (non-hydrogen) atoms. The zero-order valence-corrected chi connectivity index (χ0v) is 11.5. The highest BCUT2D eigenvalue weighted by Gasteiger charge is 2.21. The largest absolute Gasteiger partial charge is 0.338 e. The zero-order valence-electron chi connectivity index (χ0n) is 11.5. The molecule has 1 aromatic carbocycles. The number of hydrogen-bond donors (Lipinski definition) is 0. The Morgan fingerprint density at radius 1 is 1.05 bits per heavy atom. The van der Waals surface area contributed by atoms with Crippen LogP contribution in [0.5, 0.6) is 0 Å². The van der Waals surface area contributed by atoms with Crippen LogP contribution in [0.1, 0.15) is 30.4 Å². The lowest BCUT2D eigenvalue weighted by atomic mass is 10.00. The van der Waals surface area contributed by atoms with Gasteiger partial charge in [0.2, 0.25) is 5.91 Å². The third kappa shape index (κ3) is 2.98. The van der Waals surface area contributed by atoms with Gasteiger partial charge in [-0.05, 0) is 43.5 Å². The number of nitrogens with zero attached hydrogens (tertiary/aromatic N) is 2. The summed E-state index contributed by atoms with van der Waals surface area (Å²) in [7, 11) is 0. The molecule has 1 saturated heterocycles. The molecule has 0 aromatic heterocycles. The summed E-state index contributed by atoms with van der Waals surface area (Å²) in [6.07, 6.45) is 4.28. The Morgan fingerprint density at radius 2 is 1.79 bits per heavy atom. The summed E-state index contributed by atoms with van der Waals surface area (Å²) in [5.74, 6) is 0.321. The number of hydrogen-bond acceptors (Lipinski definition) is 2. The average molecular weight is 258 g/mol. The van der Waals surface area contributed by atoms with Gasteiger partial charge in [0.25, 0.3) is 0 Å². The minimum Gasteiger partial charge on any atom is -0.338 e. The Balaban J connectivity index is 1.54. The van der Waals surface area contributed by atoms with Crippen LogP contribution in [0.25, 0.3) is 0 Å². The first-order chi connectivity index (χ1) is 9.33. The standard InChI is InChI=1S/C16H22N2O/c19-16(8-11-17-9-3-4-10-17)18-12-7-14-5-1-2-6-15(14)13-18/h1-2,5-6H,3-4,7-13H2. The number of rotatable bonds is 3. The van der Waals surface area contributed by atoms with Crippen LogP contribution in [0.4, 0.5) is 0 Å². The lowest BCUT2D eigenvalue weighted by Crippen LogP contribution is -2.37. The summed E-state index contributed by atoms with van der Waals surface area (Å²) in [4.78, 5) is 16.7. The molecule has 0 N–H and O–H groups in total. The maximum atomic E-state index is 12.3. The van der Waals surface area contributed by atoms with E-state index in [1.165, 1.54) is 37.1 Å². The highest BCUT2D eigenvalue weighted by molar-refractivity contribution is 5.76. The summed E-state index contributed by atoms with van der Waals surface area (Å²) in [6.45, 7) is 4.98. The molecule has 3 nitrogen and oxygen atoms in total. The molecule has 3 heteroatoms. The van der Waals surface area contributed by atoms with E-state index < -0.39 is 0 Å². The van der Waals surface area contributed by atoms with E-state index in [1.807, 2.05) is 4.90 Å². The number of benzene rings is 1. The molecule has 0 saturated carbocycles. The van der Waals surface area contributed by atoms with Crippen LogP contribution in [-0.2, 0) is 17.8 Å². The van der Waals surface area contributed by atoms with Crippen LogP contribution >= 0.6 is 0 Å². The van der Waals surface area contributed by atoms with Crippen LogP contribution in [0.3, 0.4) is 0 Å². The smallest absolute Gasteiger partial charge is 0.224 e. The minimum absolute atomic E-state index is 0.321. The molecule has 2 aliphatic heterocycles. The Bertz CT molecular complexity index is 452. The fourth-order valence-electron chi connectivity index (χ4n) is 3.13. The van der Waals surface area contributed by atoms with E-state index in [1.54, 1.807) is 0 Å². The first-order valence-electron chi connectivity index (χ1n) is 7.40. The van der Waals surface area contributed by atoms with E-state index >= 15 is 0 Å². The van der Waals surface area contributed by atoms with Crippen LogP contribution < -0.4 is 0 Å². The van der Waals surface area contributed by atoms with Gasteiger partial charge in [-0.25, -0.2) is 0 Å². The summed E-state index contributed by atoms with van der Waals surface area (Å²) in [6, 6.07) is 8.48. The lowest BCUT2D eigenvalue weighted by molar-refractivity contribution is -0.132. The molecular weight excluding hydrogens is 236 g/mol. The topological polar surface area (TPSA) is 23.6 Å². The van der Waals surface area contributed by atoms with Gasteiger partial charge in [-0.15, -0.1) is 0 Å². The van der Waals surface area contributed by atoms with E-state index in [2.05, 4.69) is 29.2 Å². The summed E-state index contributed by atoms with van der Waals surface area (Å²) in [5, 5.41) is 0. The molecule has 0 spiro atoms. The van der Waals surface area contributed by atoms with Crippen molar-refractivity contribution in [3.8, 4) is 0 Å². The van der Waals surface area contributed by atoms with Crippen LogP contribution in [0.2, 0.25) is 0 Å².